The third-order valence-electron chi connectivity index (χ3n) is 5.78. The Bertz CT molecular complexity index is 1100. The maximum absolute atomic E-state index is 14.5. The largest absolute Gasteiger partial charge is 0.507 e. The smallest absolute Gasteiger partial charge is 0.221 e. The van der Waals surface area contributed by atoms with Gasteiger partial charge in [0.15, 0.2) is 5.76 Å². The first-order valence-corrected chi connectivity index (χ1v) is 11.1. The van der Waals surface area contributed by atoms with Crippen molar-refractivity contribution in [2.24, 2.45) is 5.92 Å². The molecule has 6 nitrogen and oxygen atoms in total. The highest BCUT2D eigenvalue weighted by atomic mass is 35.5. The number of nitrogens with one attached hydrogen (secondary N) is 2. The fourth-order valence-electron chi connectivity index (χ4n) is 4.08. The third-order valence-corrected chi connectivity index (χ3v) is 6.08. The number of carbonyl (C=O) groups excluding carboxylic acids is 1. The van der Waals surface area contributed by atoms with Crippen molar-refractivity contribution in [3.63, 3.8) is 0 Å². The number of carbonyl (C=O) groups is 1. The predicted octanol–water partition coefficient (Wildman–Crippen LogP) is 5.40. The van der Waals surface area contributed by atoms with Crippen LogP contribution in [0.15, 0.2) is 40.9 Å². The van der Waals surface area contributed by atoms with E-state index in [4.69, 9.17) is 16.1 Å². The summed E-state index contributed by atoms with van der Waals surface area (Å²) in [5.74, 6) is -0.0346. The van der Waals surface area contributed by atoms with Crippen LogP contribution in [0.25, 0.3) is 22.5 Å². The Morgan fingerprint density at radius 2 is 2.03 bits per heavy atom. The Hall–Kier alpha value is -2.90. The molecule has 2 aromatic carbocycles. The van der Waals surface area contributed by atoms with Crippen LogP contribution in [0.3, 0.4) is 0 Å². The van der Waals surface area contributed by atoms with Crippen molar-refractivity contribution in [1.29, 1.82) is 0 Å². The van der Waals surface area contributed by atoms with Crippen LogP contribution in [0.4, 0.5) is 10.1 Å². The SMILES string of the molecule is CC(=O)Nc1c(F)cc(-c2cccc(-c3cc(CCC4CCNCC4)no3)c2O)cc1Cl. The zero-order valence-corrected chi connectivity index (χ0v) is 18.5. The minimum absolute atomic E-state index is 0.0415. The van der Waals surface area contributed by atoms with Crippen LogP contribution >= 0.6 is 11.6 Å². The number of anilines is 1. The molecule has 1 aliphatic heterocycles. The van der Waals surface area contributed by atoms with E-state index >= 15 is 0 Å². The van der Waals surface area contributed by atoms with Crippen LogP contribution in [-0.2, 0) is 11.2 Å². The van der Waals surface area contributed by atoms with Crippen molar-refractivity contribution in [2.75, 3.05) is 18.4 Å². The summed E-state index contributed by atoms with van der Waals surface area (Å²) in [6.07, 6.45) is 4.22. The molecular weight excluding hydrogens is 433 g/mol. The number of para-hydroxylation sites is 1. The van der Waals surface area contributed by atoms with Gasteiger partial charge in [-0.05, 0) is 68.5 Å². The summed E-state index contributed by atoms with van der Waals surface area (Å²) in [5.41, 5.74) is 1.99. The number of rotatable bonds is 6. The van der Waals surface area contributed by atoms with Crippen molar-refractivity contribution in [3.8, 4) is 28.2 Å². The van der Waals surface area contributed by atoms with Crippen LogP contribution < -0.4 is 10.6 Å². The van der Waals surface area contributed by atoms with E-state index in [-0.39, 0.29) is 16.5 Å². The van der Waals surface area contributed by atoms with E-state index in [2.05, 4.69) is 15.8 Å². The number of aromatic hydroxyl groups is 1. The molecule has 4 rings (SSSR count). The maximum atomic E-state index is 14.5. The number of phenolic OH excluding ortho intramolecular Hbond substituents is 1. The van der Waals surface area contributed by atoms with Gasteiger partial charge in [-0.3, -0.25) is 4.79 Å². The molecule has 0 bridgehead atoms. The molecule has 0 aliphatic carbocycles. The highest BCUT2D eigenvalue weighted by Crippen LogP contribution is 2.40. The molecule has 1 saturated heterocycles. The summed E-state index contributed by atoms with van der Waals surface area (Å²) in [5, 5.41) is 20.9. The van der Waals surface area contributed by atoms with Gasteiger partial charge in [-0.1, -0.05) is 28.9 Å². The zero-order valence-electron chi connectivity index (χ0n) is 17.8. The minimum Gasteiger partial charge on any atom is -0.507 e. The molecule has 1 fully saturated rings. The first kappa shape index (κ1) is 22.3. The van der Waals surface area contributed by atoms with Gasteiger partial charge in [0.2, 0.25) is 5.91 Å². The summed E-state index contributed by atoms with van der Waals surface area (Å²) < 4.78 is 20.0. The van der Waals surface area contributed by atoms with Gasteiger partial charge in [0.05, 0.1) is 22.0 Å². The molecular formula is C24H25ClFN3O3. The standard InChI is InChI=1S/C24H25ClFN3O3/c1-14(30)28-23-20(25)11-16(12-21(23)26)18-3-2-4-19(24(18)31)22-13-17(29-32-22)6-5-15-7-9-27-10-8-15/h2-4,11-13,15,27,31H,5-10H2,1H3,(H,28,30). The van der Waals surface area contributed by atoms with Gasteiger partial charge in [-0.25, -0.2) is 4.39 Å². The van der Waals surface area contributed by atoms with Crippen molar-refractivity contribution in [2.45, 2.75) is 32.6 Å². The molecule has 1 amide bonds. The van der Waals surface area contributed by atoms with Crippen LogP contribution in [0.1, 0.15) is 31.9 Å². The monoisotopic (exact) mass is 457 g/mol. The fraction of sp³-hybridized carbons (Fsp3) is 0.333. The van der Waals surface area contributed by atoms with Gasteiger partial charge in [0.1, 0.15) is 11.6 Å². The van der Waals surface area contributed by atoms with E-state index in [1.807, 2.05) is 6.07 Å². The highest BCUT2D eigenvalue weighted by Gasteiger charge is 2.19. The molecule has 168 valence electrons. The van der Waals surface area contributed by atoms with E-state index in [0.717, 1.165) is 31.6 Å². The number of phenols is 1. The molecule has 1 aromatic heterocycles. The molecule has 0 unspecified atom stereocenters. The normalized spacial score (nSPS) is 14.5. The number of aromatic nitrogens is 1. The number of piperidine rings is 1. The summed E-state index contributed by atoms with van der Waals surface area (Å²) in [7, 11) is 0. The highest BCUT2D eigenvalue weighted by molar-refractivity contribution is 6.34. The van der Waals surface area contributed by atoms with E-state index in [1.165, 1.54) is 31.9 Å². The van der Waals surface area contributed by atoms with E-state index in [0.29, 0.717) is 28.4 Å². The van der Waals surface area contributed by atoms with Crippen molar-refractivity contribution in [1.82, 2.24) is 10.5 Å². The molecule has 0 radical (unpaired) electrons. The Morgan fingerprint density at radius 1 is 1.28 bits per heavy atom. The first-order chi connectivity index (χ1) is 15.4. The van der Waals surface area contributed by atoms with E-state index in [9.17, 15) is 14.3 Å². The molecule has 0 spiro atoms. The molecule has 2 heterocycles. The number of aryl methyl sites for hydroxylation is 1. The summed E-state index contributed by atoms with van der Waals surface area (Å²) in [6.45, 7) is 3.40. The number of benzene rings is 2. The Kier molecular flexibility index (Phi) is 6.77. The fourth-order valence-corrected chi connectivity index (χ4v) is 4.33. The summed E-state index contributed by atoms with van der Waals surface area (Å²) >= 11 is 6.17. The lowest BCUT2D eigenvalue weighted by Gasteiger charge is -2.21. The molecule has 3 aromatic rings. The van der Waals surface area contributed by atoms with Gasteiger partial charge in [0, 0.05) is 18.6 Å². The third kappa shape index (κ3) is 4.95. The molecule has 32 heavy (non-hydrogen) atoms. The molecule has 8 heteroatoms. The quantitative estimate of drug-likeness (QED) is 0.461. The Morgan fingerprint density at radius 3 is 2.75 bits per heavy atom. The molecule has 0 saturated carbocycles. The van der Waals surface area contributed by atoms with Crippen molar-refractivity contribution < 1.29 is 18.8 Å². The van der Waals surface area contributed by atoms with Crippen molar-refractivity contribution >= 4 is 23.2 Å². The lowest BCUT2D eigenvalue weighted by molar-refractivity contribution is -0.114. The first-order valence-electron chi connectivity index (χ1n) is 10.7. The van der Waals surface area contributed by atoms with Gasteiger partial charge in [-0.2, -0.15) is 0 Å². The number of halogens is 2. The molecule has 1 aliphatic rings. The number of hydrogen-bond donors (Lipinski definition) is 3. The minimum atomic E-state index is -0.688. The predicted molar refractivity (Wildman–Crippen MR) is 122 cm³/mol. The van der Waals surface area contributed by atoms with Gasteiger partial charge < -0.3 is 20.3 Å². The Labute approximate surface area is 190 Å². The van der Waals surface area contributed by atoms with E-state index in [1.54, 1.807) is 18.2 Å². The second-order valence-electron chi connectivity index (χ2n) is 8.11. The van der Waals surface area contributed by atoms with Crippen LogP contribution in [-0.4, -0.2) is 29.3 Å². The second-order valence-corrected chi connectivity index (χ2v) is 8.52. The van der Waals surface area contributed by atoms with Crippen LogP contribution in [0, 0.1) is 11.7 Å². The summed E-state index contributed by atoms with van der Waals surface area (Å²) in [6, 6.07) is 9.69. The number of hydrogen-bond acceptors (Lipinski definition) is 5. The van der Waals surface area contributed by atoms with Gasteiger partial charge >= 0.3 is 0 Å². The number of amides is 1. The average Bonchev–Trinajstić information content (AvgIpc) is 3.24. The molecule has 3 N–H and O–H groups in total. The summed E-state index contributed by atoms with van der Waals surface area (Å²) in [4.78, 5) is 11.3. The average molecular weight is 458 g/mol. The van der Waals surface area contributed by atoms with Gasteiger partial charge in [-0.15, -0.1) is 0 Å². The lowest BCUT2D eigenvalue weighted by atomic mass is 9.92. The zero-order chi connectivity index (χ0) is 22.7. The maximum Gasteiger partial charge on any atom is 0.221 e. The van der Waals surface area contributed by atoms with Crippen LogP contribution in [0.5, 0.6) is 5.75 Å². The van der Waals surface area contributed by atoms with E-state index < -0.39 is 11.7 Å². The number of nitrogens with zero attached hydrogens (tertiary/aromatic N) is 1. The molecule has 0 atom stereocenters. The Balaban J connectivity index is 1.57. The van der Waals surface area contributed by atoms with Gasteiger partial charge in [0.25, 0.3) is 0 Å². The van der Waals surface area contributed by atoms with Crippen molar-refractivity contribution in [3.05, 3.63) is 52.9 Å². The topological polar surface area (TPSA) is 87.4 Å². The lowest BCUT2D eigenvalue weighted by Crippen LogP contribution is -2.27. The second kappa shape index (κ2) is 9.71. The van der Waals surface area contributed by atoms with Crippen LogP contribution in [0.2, 0.25) is 5.02 Å².